The number of nitrogens with one attached hydrogen (secondary N) is 2. The Morgan fingerprint density at radius 3 is 1.33 bits per heavy atom. The average Bonchev–Trinajstić information content (AvgIpc) is 1.46. The van der Waals surface area contributed by atoms with E-state index >= 15 is 0 Å². The second kappa shape index (κ2) is 77.1. The molecule has 5 amide bonds. The molecule has 692 valence electrons. The number of thiazole rings is 6. The first-order chi connectivity index (χ1) is 57.6. The number of rotatable bonds is 24. The molecule has 54 heteroatoms. The normalized spacial score (nSPS) is 10.0. The molecule has 0 saturated carbocycles. The predicted molar refractivity (Wildman–Crippen MR) is 511 cm³/mol. The first-order valence-corrected chi connectivity index (χ1v) is 43.5. The van der Waals surface area contributed by atoms with Gasteiger partial charge in [0, 0.05) is 58.3 Å². The Kier molecular flexibility index (Phi) is 79.6. The van der Waals surface area contributed by atoms with Crippen LogP contribution < -0.4 is 58.2 Å². The third-order valence-corrected chi connectivity index (χ3v) is 21.2. The van der Waals surface area contributed by atoms with Gasteiger partial charge in [-0.2, -0.15) is 27.0 Å². The summed E-state index contributed by atoms with van der Waals surface area (Å²) < 4.78 is 30.8. The number of primary amides is 2. The van der Waals surface area contributed by atoms with Crippen molar-refractivity contribution in [3.8, 4) is 0 Å². The first-order valence-electron chi connectivity index (χ1n) is 34.2. The molecule has 0 unspecified atom stereocenters. The van der Waals surface area contributed by atoms with Gasteiger partial charge in [0.25, 0.3) is 11.1 Å². The number of amides is 5. The van der Waals surface area contributed by atoms with Gasteiger partial charge in [0.15, 0.2) is 33.9 Å². The number of aryl methyl sites for hydroxylation is 3. The van der Waals surface area contributed by atoms with Crippen LogP contribution in [-0.2, 0) is 58.8 Å². The zero-order chi connectivity index (χ0) is 93.0. The van der Waals surface area contributed by atoms with Crippen molar-refractivity contribution in [3.05, 3.63) is 189 Å². The number of carbonyl (C=O) groups excluding carboxylic acids is 11. The molecule has 1 aliphatic rings. The Bertz CT molecular complexity index is 4590. The number of nitrogen functional groups attached to an aromatic ring is 2. The number of carboxylic acids is 1. The molecular formula is C72H88BrCl10LiN14O20S8. The molecule has 10 rings (SSSR count). The number of nitrogens with two attached hydrogens (primary N) is 5. The van der Waals surface area contributed by atoms with Crippen LogP contribution in [0.25, 0.3) is 0 Å². The molecule has 34 nitrogen and oxygen atoms in total. The number of halogens is 11. The molecule has 126 heavy (non-hydrogen) atoms. The van der Waals surface area contributed by atoms with Crippen molar-refractivity contribution >= 4 is 318 Å². The minimum Gasteiger partial charge on any atom is -0.870 e. The van der Waals surface area contributed by atoms with E-state index in [9.17, 15) is 52.7 Å². The summed E-state index contributed by atoms with van der Waals surface area (Å²) >= 11 is 63.5. The second-order valence-electron chi connectivity index (χ2n) is 21.4. The van der Waals surface area contributed by atoms with Crippen molar-refractivity contribution in [1.29, 1.82) is 0 Å². The van der Waals surface area contributed by atoms with Crippen LogP contribution >= 0.6 is 227 Å². The van der Waals surface area contributed by atoms with Gasteiger partial charge in [0.1, 0.15) is 24.4 Å². The van der Waals surface area contributed by atoms with E-state index < -0.39 is 27.7 Å². The SMILES string of the molecule is CCO/C=C/C(=O)OCC.CCOC(=O)c1cnc(Cl)s1.CCOC(=O)c1cnc(N)s1.COCCCN.COCCCNc1ncc(C(=O)Nc2c(C)cccc2Cl)s1.Cc1cccc(Cl)c1CC(=O)c1cnc(Cl)s1.Cc1cccc(Cl)c1N.NC(N)=O.O=C(Cl)C(=O)Cl.O=C(Cl)c1cnc(Cl)s1.O=C(O)c1cnc(Cl)s1.O=C1CCC(=O)N1Br.S.S.[Li+].[OH-]. The maximum Gasteiger partial charge on any atom is 1.00 e. The van der Waals surface area contributed by atoms with Crippen LogP contribution in [0, 0.1) is 20.8 Å². The minimum absolute atomic E-state index is 0. The van der Waals surface area contributed by atoms with Gasteiger partial charge < -0.3 is 78.3 Å². The minimum atomic E-state index is -1.14. The molecule has 14 N–H and O–H groups in total. The summed E-state index contributed by atoms with van der Waals surface area (Å²) in [6.07, 6.45) is 13.9. The number of carboxylic acid groups (broad SMARTS) is 1. The van der Waals surface area contributed by atoms with E-state index in [-0.39, 0.29) is 109 Å². The number of ketones is 1. The van der Waals surface area contributed by atoms with Crippen molar-refractivity contribution in [3.63, 3.8) is 0 Å². The summed E-state index contributed by atoms with van der Waals surface area (Å²) in [6.45, 7) is 17.5. The van der Waals surface area contributed by atoms with Crippen LogP contribution in [0.15, 0.2) is 104 Å². The van der Waals surface area contributed by atoms with Crippen molar-refractivity contribution in [2.24, 2.45) is 17.2 Å². The van der Waals surface area contributed by atoms with Gasteiger partial charge in [0.05, 0.1) is 118 Å². The fourth-order valence-corrected chi connectivity index (χ4v) is 12.9. The van der Waals surface area contributed by atoms with Crippen LogP contribution in [-0.4, -0.2) is 181 Å². The molecule has 6 aromatic heterocycles. The smallest absolute Gasteiger partial charge is 0.870 e. The Labute approximate surface area is 834 Å². The second-order valence-corrected chi connectivity index (χ2v) is 33.0. The summed E-state index contributed by atoms with van der Waals surface area (Å²) in [5.74, 6) is -2.58. The third-order valence-electron chi connectivity index (χ3n) is 12.5. The molecule has 1 fully saturated rings. The van der Waals surface area contributed by atoms with Crippen molar-refractivity contribution in [2.45, 2.75) is 80.6 Å². The number of aromatic nitrogens is 6. The summed E-state index contributed by atoms with van der Waals surface area (Å²) in [5, 5.41) is 14.4. The Morgan fingerprint density at radius 1 is 0.556 bits per heavy atom. The number of imide groups is 1. The number of ether oxygens (including phenoxy) is 6. The third kappa shape index (κ3) is 61.0. The topological polar surface area (TPSA) is 545 Å². The number of anilines is 4. The number of carbonyl (C=O) groups is 12. The zero-order valence-corrected chi connectivity index (χ0v) is 84.4. The fraction of sp³-hybridized carbons (Fsp3) is 0.306. The number of benzene rings is 3. The number of urea groups is 1. The number of methoxy groups -OCH3 is 2. The summed E-state index contributed by atoms with van der Waals surface area (Å²) in [4.78, 5) is 151. The van der Waals surface area contributed by atoms with Gasteiger partial charge in [0.2, 0.25) is 11.8 Å². The van der Waals surface area contributed by atoms with Gasteiger partial charge in [-0.3, -0.25) is 33.6 Å². The zero-order valence-electron chi connectivity index (χ0n) is 68.4. The predicted octanol–water partition coefficient (Wildman–Crippen LogP) is 14.9. The van der Waals surface area contributed by atoms with E-state index in [0.29, 0.717) is 115 Å². The number of hydrogen-bond acceptors (Lipinski definition) is 35. The number of para-hydroxylation sites is 2. The quantitative estimate of drug-likeness (QED) is 0.00226. The largest absolute Gasteiger partial charge is 1.00 e. The Hall–Kier alpha value is -6.66. The molecule has 0 aliphatic carbocycles. The van der Waals surface area contributed by atoms with E-state index in [1.165, 1.54) is 66.0 Å². The Morgan fingerprint density at radius 2 is 0.976 bits per heavy atom. The maximum atomic E-state index is 12.3. The molecule has 0 atom stereocenters. The van der Waals surface area contributed by atoms with E-state index in [1.807, 2.05) is 64.1 Å². The van der Waals surface area contributed by atoms with Crippen molar-refractivity contribution < 1.29 is 115 Å². The number of esters is 3. The number of Topliss-reactive ketones (excluding diaryl/α,β-unsaturated/α-hetero) is 1. The van der Waals surface area contributed by atoms with E-state index in [4.69, 9.17) is 144 Å². The number of hydrogen-bond donors (Lipinski definition) is 8. The number of aromatic carboxylic acids is 1. The summed E-state index contributed by atoms with van der Waals surface area (Å²) in [7, 11) is 3.35. The molecule has 9 aromatic rings. The standard InChI is InChI=1S/C15H18ClN3O2S.C12H9Cl2NOS.C7H8ClN.C7H12O3.C6H6ClNO2S.C6H8N2O2S.C4H4BrNO2.C4HCl2NOS.C4H2ClNO2S.C4H11NO.C2Cl2O2.CH4N2O.Li.H2O.2H2S/c1-10-5-3-6-11(16)13(10)19-14(20)12-9-18-15(22-12)17-7-4-8-21-2;1-7-3-2-4-9(13)8(7)5-10(16)11-6-15-12(14)17-11;1-5-3-2-4-6(8)7(5)9;1-3-9-6-5-7(8)10-4-2;2*1-2-10-5(9)4-3-8-6(7)11-4;5-6-3(7)1-2-4(6)8;5-3(8)2-1-7-4(6)9-2;5-4-6-1-2(9-4)3(7)8;1-6-4-2-3-5;3-1(5)2(4)6;2-1(3)4;;;;/h3,5-6,9H,4,7-8H2,1-2H3,(H,17,18)(H,19,20);2-4,6H,5H2,1H3;2-4H,9H2,1H3;5-6H,3-4H2,1-2H3;3H,2H2,1H3;3H,2H2,1H3,(H2,7,8);1-2H2;1H;1H,(H,7,8);2-5H2,1H3;;(H4,2,3,4);;3*1H2/q;;;;;;;;;;;;+1;;;/p-1/b;;;6-5+;;;;;;;;;;;;. The van der Waals surface area contributed by atoms with Gasteiger partial charge in [-0.1, -0.05) is 186 Å². The maximum absolute atomic E-state index is 12.3. The van der Waals surface area contributed by atoms with Crippen LogP contribution in [0.2, 0.25) is 32.9 Å². The fourth-order valence-electron chi connectivity index (χ4n) is 7.00. The summed E-state index contributed by atoms with van der Waals surface area (Å²) in [6, 6.07) is 15.9. The van der Waals surface area contributed by atoms with Gasteiger partial charge >= 0.3 is 59.3 Å². The average molecular weight is 2170 g/mol. The van der Waals surface area contributed by atoms with Crippen molar-refractivity contribution in [2.75, 3.05) is 89.1 Å². The van der Waals surface area contributed by atoms with Gasteiger partial charge in [-0.05, 0) is 143 Å². The summed E-state index contributed by atoms with van der Waals surface area (Å²) in [5.41, 5.74) is 29.6. The van der Waals surface area contributed by atoms with E-state index in [0.717, 1.165) is 109 Å². The van der Waals surface area contributed by atoms with Crippen molar-refractivity contribution in [1.82, 2.24) is 33.8 Å². The molecule has 0 bridgehead atoms. The molecular weight excluding hydrogens is 2080 g/mol. The van der Waals surface area contributed by atoms with Crippen LogP contribution in [0.3, 0.4) is 0 Å². The van der Waals surface area contributed by atoms with E-state index in [1.54, 1.807) is 59.4 Å². The Balaban J connectivity index is -0.000000319. The van der Waals surface area contributed by atoms with Gasteiger partial charge in [-0.15, -0.1) is 0 Å². The van der Waals surface area contributed by atoms with Crippen LogP contribution in [0.5, 0.6) is 0 Å². The molecule has 0 radical (unpaired) electrons. The van der Waals surface area contributed by atoms with Gasteiger partial charge in [-0.25, -0.2) is 57.8 Å². The molecule has 1 aliphatic heterocycles. The van der Waals surface area contributed by atoms with E-state index in [2.05, 4.69) is 96.1 Å². The molecule has 3 aromatic carbocycles. The van der Waals surface area contributed by atoms with Crippen LogP contribution in [0.4, 0.5) is 26.4 Å². The van der Waals surface area contributed by atoms with Crippen LogP contribution in [0.1, 0.15) is 134 Å². The first kappa shape index (κ1) is 130. The monoisotopic (exact) mass is 2160 g/mol. The molecule has 1 saturated heterocycles. The number of nitrogens with zero attached hydrogens (tertiary/aromatic N) is 7. The molecule has 7 heterocycles. The molecule has 0 spiro atoms.